The van der Waals surface area contributed by atoms with Crippen LogP contribution in [0, 0.1) is 5.82 Å². The number of rotatable bonds is 5. The number of benzene rings is 1. The molecule has 4 N–H and O–H groups in total. The number of fused-ring (bicyclic) bond motifs is 1. The number of aromatic hydroxyl groups is 1. The van der Waals surface area contributed by atoms with E-state index in [1.807, 2.05) is 0 Å². The Hall–Kier alpha value is -3.73. The van der Waals surface area contributed by atoms with Gasteiger partial charge in [0.25, 0.3) is 5.62 Å². The molecule has 0 spiro atoms. The third kappa shape index (κ3) is 3.94. The van der Waals surface area contributed by atoms with E-state index in [0.29, 0.717) is 27.1 Å². The summed E-state index contributed by atoms with van der Waals surface area (Å²) in [6.45, 7) is 1.77. The summed E-state index contributed by atoms with van der Waals surface area (Å²) < 4.78 is 15.8. The van der Waals surface area contributed by atoms with Crippen LogP contribution in [-0.4, -0.2) is 40.7 Å². The maximum absolute atomic E-state index is 14.3. The van der Waals surface area contributed by atoms with E-state index in [4.69, 9.17) is 11.6 Å². The number of halogens is 2. The number of hydrogen-bond donors (Lipinski definition) is 4. The predicted octanol–water partition coefficient (Wildman–Crippen LogP) is 1.42. The molecule has 0 bridgehead atoms. The standard InChI is InChI=1S/C20H18ClFN8O2/c1-9(13-7-11(21)2-5-14(13)22)24-18-27-16-10(6-15-17(31)28-20(32)26-15)8-23-30(16)19(29-18)25-12-3-4-12/h2,5-9,12,31H,3-4H2,1H3,(H,24,25,29)(H2,26,28,32)/b10-6-/t9-/m1/s1. The highest BCUT2D eigenvalue weighted by atomic mass is 35.5. The zero-order valence-corrected chi connectivity index (χ0v) is 17.6. The number of nitrogens with zero attached hydrogens (tertiary/aromatic N) is 5. The molecule has 32 heavy (non-hydrogen) atoms. The van der Waals surface area contributed by atoms with Crippen molar-refractivity contribution in [3.63, 3.8) is 0 Å². The van der Waals surface area contributed by atoms with E-state index in [1.165, 1.54) is 28.9 Å². The number of hydrogen-bond acceptors (Lipinski definition) is 7. The fourth-order valence-corrected chi connectivity index (χ4v) is 3.44. The summed E-state index contributed by atoms with van der Waals surface area (Å²) in [7, 11) is 0. The van der Waals surface area contributed by atoms with Gasteiger partial charge in [0.2, 0.25) is 11.8 Å². The summed E-state index contributed by atoms with van der Waals surface area (Å²) in [5, 5.41) is 18.2. The zero-order valence-electron chi connectivity index (χ0n) is 16.8. The van der Waals surface area contributed by atoms with Crippen molar-refractivity contribution in [1.29, 1.82) is 0 Å². The van der Waals surface area contributed by atoms with Crippen molar-refractivity contribution in [3.05, 3.63) is 67.8 Å². The van der Waals surface area contributed by atoms with E-state index in [1.54, 1.807) is 13.0 Å². The minimum Gasteiger partial charge on any atom is -0.493 e. The molecule has 5 rings (SSSR count). The number of imidazole rings is 1. The molecule has 1 aliphatic carbocycles. The second-order valence-electron chi connectivity index (χ2n) is 7.56. The Morgan fingerprint density at radius 3 is 2.91 bits per heavy atom. The van der Waals surface area contributed by atoms with Crippen molar-refractivity contribution in [1.82, 2.24) is 29.5 Å². The van der Waals surface area contributed by atoms with Crippen molar-refractivity contribution < 1.29 is 9.50 Å². The van der Waals surface area contributed by atoms with Crippen LogP contribution in [0.4, 0.5) is 10.3 Å². The first kappa shape index (κ1) is 20.2. The van der Waals surface area contributed by atoms with Crippen molar-refractivity contribution in [2.45, 2.75) is 31.8 Å². The van der Waals surface area contributed by atoms with Gasteiger partial charge in [0.15, 0.2) is 5.65 Å². The first-order valence-corrected chi connectivity index (χ1v) is 10.3. The highest BCUT2D eigenvalue weighted by Crippen LogP contribution is 2.24. The maximum Gasteiger partial charge on any atom is 0.326 e. The molecule has 1 aliphatic rings. The van der Waals surface area contributed by atoms with E-state index < -0.39 is 17.5 Å². The van der Waals surface area contributed by atoms with Gasteiger partial charge in [-0.05, 0) is 44.0 Å². The molecular formula is C20H18ClFN8O2. The second kappa shape index (κ2) is 7.75. The Morgan fingerprint density at radius 2 is 2.19 bits per heavy atom. The van der Waals surface area contributed by atoms with E-state index in [0.717, 1.165) is 12.8 Å². The van der Waals surface area contributed by atoms with Gasteiger partial charge in [0.05, 0.1) is 18.3 Å². The monoisotopic (exact) mass is 456 g/mol. The average molecular weight is 457 g/mol. The third-order valence-corrected chi connectivity index (χ3v) is 5.26. The molecule has 0 aliphatic heterocycles. The van der Waals surface area contributed by atoms with Gasteiger partial charge in [-0.2, -0.15) is 19.6 Å². The van der Waals surface area contributed by atoms with Gasteiger partial charge in [-0.25, -0.2) is 14.2 Å². The van der Waals surface area contributed by atoms with E-state index in [2.05, 4.69) is 35.3 Å². The van der Waals surface area contributed by atoms with Crippen LogP contribution >= 0.6 is 11.6 Å². The van der Waals surface area contributed by atoms with Crippen molar-refractivity contribution in [2.75, 3.05) is 5.32 Å². The summed E-state index contributed by atoms with van der Waals surface area (Å²) in [5.74, 6) is -0.468. The van der Waals surface area contributed by atoms with Crippen LogP contribution in [0.3, 0.4) is 0 Å². The van der Waals surface area contributed by atoms with E-state index >= 15 is 0 Å². The number of aromatic amines is 2. The average Bonchev–Trinajstić information content (AvgIpc) is 3.38. The molecule has 0 radical (unpaired) electrons. The Kier molecular flexibility index (Phi) is 4.89. The lowest BCUT2D eigenvalue weighted by atomic mass is 10.1. The topological polar surface area (TPSA) is 136 Å². The van der Waals surface area contributed by atoms with Crippen LogP contribution in [0.5, 0.6) is 5.88 Å². The predicted molar refractivity (Wildman–Crippen MR) is 115 cm³/mol. The fraction of sp³-hybridized carbons (Fsp3) is 0.250. The van der Waals surface area contributed by atoms with Gasteiger partial charge in [0.1, 0.15) is 11.5 Å². The first-order valence-electron chi connectivity index (χ1n) is 9.91. The van der Waals surface area contributed by atoms with Gasteiger partial charge in [0, 0.05) is 15.8 Å². The molecule has 10 nitrogen and oxygen atoms in total. The smallest absolute Gasteiger partial charge is 0.326 e. The van der Waals surface area contributed by atoms with Crippen LogP contribution in [0.2, 0.25) is 5.02 Å². The maximum atomic E-state index is 14.3. The minimum absolute atomic E-state index is 0.172. The highest BCUT2D eigenvalue weighted by molar-refractivity contribution is 6.30. The largest absolute Gasteiger partial charge is 0.493 e. The Morgan fingerprint density at radius 1 is 1.38 bits per heavy atom. The van der Waals surface area contributed by atoms with Crippen LogP contribution in [-0.2, 0) is 0 Å². The quantitative estimate of drug-likeness (QED) is 0.358. The molecule has 1 saturated carbocycles. The van der Waals surface area contributed by atoms with Gasteiger partial charge in [-0.1, -0.05) is 11.6 Å². The summed E-state index contributed by atoms with van der Waals surface area (Å²) in [4.78, 5) is 29.8. The normalized spacial score (nSPS) is 16.1. The number of anilines is 1. The van der Waals surface area contributed by atoms with Gasteiger partial charge >= 0.3 is 5.69 Å². The number of H-pyrrole nitrogens is 2. The van der Waals surface area contributed by atoms with Crippen molar-refractivity contribution in [2.24, 2.45) is 4.99 Å². The summed E-state index contributed by atoms with van der Waals surface area (Å²) in [6, 6.07) is 4.03. The molecule has 12 heteroatoms. The first-order chi connectivity index (χ1) is 15.4. The Balaban J connectivity index is 1.62. The van der Waals surface area contributed by atoms with Crippen molar-refractivity contribution in [3.8, 4) is 5.88 Å². The molecule has 3 heterocycles. The Bertz CT molecular complexity index is 1500. The third-order valence-electron chi connectivity index (χ3n) is 5.03. The zero-order chi connectivity index (χ0) is 22.4. The molecule has 0 saturated heterocycles. The van der Waals surface area contributed by atoms with Gasteiger partial charge in [-0.3, -0.25) is 4.98 Å². The second-order valence-corrected chi connectivity index (χ2v) is 8.00. The van der Waals surface area contributed by atoms with Gasteiger partial charge in [-0.15, -0.1) is 0 Å². The van der Waals surface area contributed by atoms with Crippen LogP contribution in [0.15, 0.2) is 34.2 Å². The lowest BCUT2D eigenvalue weighted by Gasteiger charge is -2.15. The van der Waals surface area contributed by atoms with Crippen LogP contribution in [0.1, 0.15) is 37.1 Å². The van der Waals surface area contributed by atoms with E-state index in [9.17, 15) is 14.3 Å². The number of aromatic nitrogens is 6. The van der Waals surface area contributed by atoms with Crippen LogP contribution < -0.4 is 21.8 Å². The number of nitrogens with one attached hydrogen (secondary N) is 3. The molecular weight excluding hydrogens is 439 g/mol. The fourth-order valence-electron chi connectivity index (χ4n) is 3.26. The molecule has 4 aromatic rings. The SMILES string of the molecule is C[C@@H](Nc1nc(=NC2CC2)n2nc/c(=C/c3[nH]c(=O)[nH]c3O)c2n1)c1cc(Cl)ccc1F. The molecule has 164 valence electrons. The summed E-state index contributed by atoms with van der Waals surface area (Å²) >= 11 is 6.02. The van der Waals surface area contributed by atoms with Crippen LogP contribution in [0.25, 0.3) is 11.7 Å². The molecule has 1 aromatic carbocycles. The summed E-state index contributed by atoms with van der Waals surface area (Å²) in [5.41, 5.74) is 0.779. The van der Waals surface area contributed by atoms with Crippen molar-refractivity contribution >= 4 is 29.3 Å². The minimum atomic E-state index is -0.538. The highest BCUT2D eigenvalue weighted by Gasteiger charge is 2.21. The Labute approximate surface area is 184 Å². The molecule has 3 aromatic heterocycles. The molecule has 0 amide bonds. The lowest BCUT2D eigenvalue weighted by molar-refractivity contribution is 0.454. The molecule has 0 unspecified atom stereocenters. The van der Waals surface area contributed by atoms with Gasteiger partial charge < -0.3 is 15.4 Å². The summed E-state index contributed by atoms with van der Waals surface area (Å²) in [6.07, 6.45) is 5.01. The van der Waals surface area contributed by atoms with E-state index in [-0.39, 0.29) is 23.6 Å². The molecule has 1 fully saturated rings. The molecule has 1 atom stereocenters. The lowest BCUT2D eigenvalue weighted by Crippen LogP contribution is -2.25.